The van der Waals surface area contributed by atoms with Crippen LogP contribution in [0.4, 0.5) is 0 Å². The van der Waals surface area contributed by atoms with Crippen LogP contribution < -0.4 is 0 Å². The molecule has 4 heterocycles. The predicted octanol–water partition coefficient (Wildman–Crippen LogP) is 19.8. The molecule has 0 aliphatic carbocycles. The van der Waals surface area contributed by atoms with E-state index in [0.29, 0.717) is 0 Å². The van der Waals surface area contributed by atoms with Crippen molar-refractivity contribution in [1.29, 1.82) is 0 Å². The van der Waals surface area contributed by atoms with E-state index in [1.165, 1.54) is 20.2 Å². The molecule has 78 heavy (non-hydrogen) atoms. The third-order valence-corrected chi connectivity index (χ3v) is 16.1. The largest absolute Gasteiger partial charge is 0.256 e. The Hall–Kier alpha value is -9.94. The molecule has 0 saturated carbocycles. The van der Waals surface area contributed by atoms with Crippen LogP contribution >= 0.6 is 11.3 Å². The average molecular weight is 1010 g/mol. The van der Waals surface area contributed by atoms with Crippen LogP contribution in [0.3, 0.4) is 0 Å². The number of aryl methyl sites for hydroxylation is 1. The molecule has 4 aromatic heterocycles. The molecule has 0 radical (unpaired) electrons. The first-order valence-electron chi connectivity index (χ1n) is 26.3. The van der Waals surface area contributed by atoms with E-state index in [1.807, 2.05) is 72.3 Å². The Morgan fingerprint density at radius 3 is 1.26 bits per heavy atom. The second kappa shape index (κ2) is 20.0. The maximum absolute atomic E-state index is 5.23. The van der Waals surface area contributed by atoms with Crippen LogP contribution in [-0.4, -0.2) is 19.9 Å². The first-order chi connectivity index (χ1) is 38.6. The van der Waals surface area contributed by atoms with Crippen molar-refractivity contribution in [3.05, 3.63) is 279 Å². The molecule has 0 N–H and O–H groups in total. The number of hydrogen-bond acceptors (Lipinski definition) is 5. The maximum atomic E-state index is 5.23. The minimum absolute atomic E-state index is 0.877. The van der Waals surface area contributed by atoms with Gasteiger partial charge in [0.15, 0.2) is 0 Å². The van der Waals surface area contributed by atoms with Crippen LogP contribution in [0.5, 0.6) is 0 Å². The van der Waals surface area contributed by atoms with Crippen molar-refractivity contribution in [2.45, 2.75) is 6.92 Å². The van der Waals surface area contributed by atoms with Crippen molar-refractivity contribution in [2.75, 3.05) is 0 Å². The third kappa shape index (κ3) is 8.72. The second-order valence-corrected chi connectivity index (χ2v) is 20.8. The fraction of sp³-hybridized carbons (Fsp3) is 0.0137. The molecule has 14 aromatic rings. The number of aromatic nitrogens is 4. The zero-order chi connectivity index (χ0) is 51.9. The van der Waals surface area contributed by atoms with E-state index in [4.69, 9.17) is 9.97 Å². The highest BCUT2D eigenvalue weighted by Crippen LogP contribution is 2.46. The van der Waals surface area contributed by atoms with Crippen molar-refractivity contribution in [3.63, 3.8) is 0 Å². The molecule has 0 fully saturated rings. The van der Waals surface area contributed by atoms with Crippen LogP contribution in [0.25, 0.3) is 143 Å². The van der Waals surface area contributed by atoms with Crippen molar-refractivity contribution in [3.8, 4) is 112 Å². The molecule has 14 rings (SSSR count). The average Bonchev–Trinajstić information content (AvgIpc) is 4.01. The fourth-order valence-corrected chi connectivity index (χ4v) is 12.3. The van der Waals surface area contributed by atoms with Gasteiger partial charge in [0.1, 0.15) is 0 Å². The third-order valence-electron chi connectivity index (χ3n) is 15.0. The molecule has 0 amide bonds. The number of thiophene rings is 1. The molecule has 0 aliphatic heterocycles. The Bertz CT molecular complexity index is 4400. The SMILES string of the molecule is Cc1nc2ccccc2nc1-c1ccc(-c2ccccc2-c2cc(-c3ccccc3-c3ccc(-c4ccccn4)cc3)cc(-c3ccccc3-c3ccc(-c4ccccn4)cc3)c2)c(-c2ccc3c(c2)sc2ccccc23)c1. The van der Waals surface area contributed by atoms with Gasteiger partial charge in [-0.05, 0) is 158 Å². The van der Waals surface area contributed by atoms with Gasteiger partial charge in [-0.15, -0.1) is 11.3 Å². The van der Waals surface area contributed by atoms with Crippen molar-refractivity contribution in [2.24, 2.45) is 0 Å². The number of fused-ring (bicyclic) bond motifs is 4. The molecule has 10 aromatic carbocycles. The lowest BCUT2D eigenvalue weighted by molar-refractivity contribution is 1.19. The summed E-state index contributed by atoms with van der Waals surface area (Å²) in [6.45, 7) is 2.07. The van der Waals surface area contributed by atoms with Gasteiger partial charge in [-0.25, -0.2) is 9.97 Å². The smallest absolute Gasteiger partial charge is 0.0922 e. The van der Waals surface area contributed by atoms with Crippen molar-refractivity contribution < 1.29 is 0 Å². The molecular weight excluding hydrogens is 965 g/mol. The standard InChI is InChI=1S/C73H48N4S/c1-47-73(77-70-26-10-9-25-69(70)76-47)53-37-38-63(66(45-53)52-36-39-65-64-22-8-11-27-71(64)78-72(65)46-52)62-21-7-6-20-61(62)56-43-54(59-18-4-2-16-57(59)48-28-32-50(33-29-48)67-23-12-14-40-74-67)42-55(44-56)60-19-5-3-17-58(60)49-30-34-51(35-31-49)68-24-13-15-41-75-68/h2-46H,1H3. The van der Waals surface area contributed by atoms with Crippen molar-refractivity contribution in [1.82, 2.24) is 19.9 Å². The minimum atomic E-state index is 0.877. The predicted molar refractivity (Wildman–Crippen MR) is 327 cm³/mol. The first kappa shape index (κ1) is 46.6. The second-order valence-electron chi connectivity index (χ2n) is 19.7. The molecule has 0 saturated heterocycles. The maximum Gasteiger partial charge on any atom is 0.0922 e. The topological polar surface area (TPSA) is 51.6 Å². The van der Waals surface area contributed by atoms with E-state index in [9.17, 15) is 0 Å². The molecule has 0 bridgehead atoms. The van der Waals surface area contributed by atoms with Crippen LogP contribution in [0, 0.1) is 6.92 Å². The monoisotopic (exact) mass is 1010 g/mol. The number of pyridine rings is 2. The Morgan fingerprint density at radius 2 is 0.692 bits per heavy atom. The number of benzene rings is 10. The van der Waals surface area contributed by atoms with Gasteiger partial charge in [-0.3, -0.25) is 9.97 Å². The fourth-order valence-electron chi connectivity index (χ4n) is 11.2. The molecule has 366 valence electrons. The molecule has 0 atom stereocenters. The van der Waals surface area contributed by atoms with Crippen LogP contribution in [-0.2, 0) is 0 Å². The summed E-state index contributed by atoms with van der Waals surface area (Å²) < 4.78 is 2.54. The molecule has 5 heteroatoms. The highest BCUT2D eigenvalue weighted by Gasteiger charge is 2.20. The van der Waals surface area contributed by atoms with Gasteiger partial charge < -0.3 is 0 Å². The lowest BCUT2D eigenvalue weighted by Gasteiger charge is -2.19. The highest BCUT2D eigenvalue weighted by molar-refractivity contribution is 7.25. The molecule has 0 spiro atoms. The summed E-state index contributed by atoms with van der Waals surface area (Å²) in [5, 5.41) is 2.55. The molecule has 0 unspecified atom stereocenters. The number of nitrogens with zero attached hydrogens (tertiary/aromatic N) is 4. The van der Waals surface area contributed by atoms with Gasteiger partial charge >= 0.3 is 0 Å². The summed E-state index contributed by atoms with van der Waals surface area (Å²) in [6, 6.07) is 94.0. The first-order valence-corrected chi connectivity index (χ1v) is 27.1. The Balaban J connectivity index is 0.964. The van der Waals surface area contributed by atoms with Gasteiger partial charge in [0.25, 0.3) is 0 Å². The summed E-state index contributed by atoms with van der Waals surface area (Å²) in [5.41, 5.74) is 24.6. The number of hydrogen-bond donors (Lipinski definition) is 0. The summed E-state index contributed by atoms with van der Waals surface area (Å²) in [5.74, 6) is 0. The van der Waals surface area contributed by atoms with Gasteiger partial charge in [0.05, 0.1) is 33.8 Å². The van der Waals surface area contributed by atoms with E-state index in [2.05, 4.69) is 229 Å². The van der Waals surface area contributed by atoms with Gasteiger partial charge in [0.2, 0.25) is 0 Å². The van der Waals surface area contributed by atoms with Crippen LogP contribution in [0.2, 0.25) is 0 Å². The van der Waals surface area contributed by atoms with Gasteiger partial charge in [-0.1, -0.05) is 188 Å². The van der Waals surface area contributed by atoms with Crippen molar-refractivity contribution >= 4 is 42.5 Å². The zero-order valence-electron chi connectivity index (χ0n) is 42.7. The van der Waals surface area contributed by atoms with E-state index >= 15 is 0 Å². The summed E-state index contributed by atoms with van der Waals surface area (Å²) in [4.78, 5) is 19.5. The molecular formula is C73H48N4S. The summed E-state index contributed by atoms with van der Waals surface area (Å²) in [7, 11) is 0. The van der Waals surface area contributed by atoms with E-state index in [1.54, 1.807) is 0 Å². The van der Waals surface area contributed by atoms with Crippen LogP contribution in [0.1, 0.15) is 5.69 Å². The van der Waals surface area contributed by atoms with Crippen LogP contribution in [0.15, 0.2) is 273 Å². The summed E-state index contributed by atoms with van der Waals surface area (Å²) >= 11 is 1.85. The highest BCUT2D eigenvalue weighted by atomic mass is 32.1. The van der Waals surface area contributed by atoms with E-state index in [0.717, 1.165) is 128 Å². The van der Waals surface area contributed by atoms with E-state index < -0.39 is 0 Å². The van der Waals surface area contributed by atoms with E-state index in [-0.39, 0.29) is 0 Å². The minimum Gasteiger partial charge on any atom is -0.256 e. The lowest BCUT2D eigenvalue weighted by atomic mass is 9.84. The van der Waals surface area contributed by atoms with Gasteiger partial charge in [0, 0.05) is 49.3 Å². The quantitative estimate of drug-likeness (QED) is 0.137. The number of para-hydroxylation sites is 2. The normalized spacial score (nSPS) is 11.4. The summed E-state index contributed by atoms with van der Waals surface area (Å²) in [6.07, 6.45) is 3.69. The number of rotatable bonds is 10. The lowest BCUT2D eigenvalue weighted by Crippen LogP contribution is -1.96. The Labute approximate surface area is 457 Å². The van der Waals surface area contributed by atoms with Gasteiger partial charge in [-0.2, -0.15) is 0 Å². The molecule has 0 aliphatic rings. The molecule has 4 nitrogen and oxygen atoms in total. The zero-order valence-corrected chi connectivity index (χ0v) is 43.5. The Morgan fingerprint density at radius 1 is 0.269 bits per heavy atom. The Kier molecular flexibility index (Phi) is 11.9.